The molecular weight excluding hydrogens is 465 g/mol. The van der Waals surface area contributed by atoms with Crippen molar-refractivity contribution in [1.82, 2.24) is 20.4 Å². The van der Waals surface area contributed by atoms with Gasteiger partial charge in [0.1, 0.15) is 5.75 Å². The van der Waals surface area contributed by atoms with E-state index in [9.17, 15) is 0 Å². The minimum absolute atomic E-state index is 0. The highest BCUT2D eigenvalue weighted by atomic mass is 127. The molecule has 0 aromatic heterocycles. The molecule has 1 atom stereocenters. The number of nitrogens with zero attached hydrogens (tertiary/aromatic N) is 3. The van der Waals surface area contributed by atoms with Crippen LogP contribution < -0.4 is 15.4 Å². The van der Waals surface area contributed by atoms with Gasteiger partial charge in [0.25, 0.3) is 0 Å². The van der Waals surface area contributed by atoms with Crippen LogP contribution >= 0.6 is 24.0 Å². The van der Waals surface area contributed by atoms with Crippen LogP contribution in [-0.2, 0) is 6.54 Å². The molecule has 0 saturated carbocycles. The molecule has 0 spiro atoms. The Labute approximate surface area is 188 Å². The van der Waals surface area contributed by atoms with Gasteiger partial charge in [-0.25, -0.2) is 4.99 Å². The van der Waals surface area contributed by atoms with Crippen LogP contribution in [0.25, 0.3) is 0 Å². The summed E-state index contributed by atoms with van der Waals surface area (Å²) in [6.07, 6.45) is 0. The van der Waals surface area contributed by atoms with Gasteiger partial charge in [-0.1, -0.05) is 19.1 Å². The number of nitrogens with one attached hydrogen (secondary N) is 2. The van der Waals surface area contributed by atoms with Crippen molar-refractivity contribution in [2.45, 2.75) is 27.3 Å². The Morgan fingerprint density at radius 1 is 1.21 bits per heavy atom. The number of halogens is 1. The summed E-state index contributed by atoms with van der Waals surface area (Å²) in [6, 6.07) is 6.26. The highest BCUT2D eigenvalue weighted by Crippen LogP contribution is 2.20. The first kappa shape index (κ1) is 25.0. The quantitative estimate of drug-likeness (QED) is 0.325. The van der Waals surface area contributed by atoms with Crippen LogP contribution in [-0.4, -0.2) is 75.7 Å². The maximum atomic E-state index is 5.49. The Bertz CT molecular complexity index is 602. The summed E-state index contributed by atoms with van der Waals surface area (Å²) < 4.78 is 5.49. The predicted molar refractivity (Wildman–Crippen MR) is 129 cm³/mol. The lowest BCUT2D eigenvalue weighted by Gasteiger charge is -2.34. The molecule has 1 heterocycles. The van der Waals surface area contributed by atoms with Crippen LogP contribution in [0.15, 0.2) is 23.2 Å². The van der Waals surface area contributed by atoms with Crippen molar-refractivity contribution in [3.05, 3.63) is 29.3 Å². The van der Waals surface area contributed by atoms with E-state index >= 15 is 0 Å². The lowest BCUT2D eigenvalue weighted by Crippen LogP contribution is -2.47. The minimum atomic E-state index is 0. The minimum Gasteiger partial charge on any atom is -0.496 e. The number of aryl methyl sites for hydroxylation is 1. The SMILES string of the molecule is CCNC(=NCc1ccc(C)cc1OC)NCC(C)CN1CCN(C)CC1.I. The standard InChI is InChI=1S/C21H37N5O.HI/c1-6-22-21(24-15-19-8-7-17(2)13-20(19)27-5)23-14-18(3)16-26-11-9-25(4)10-12-26;/h7-8,13,18H,6,9-12,14-16H2,1-5H3,(H2,22,23,24);1H. The van der Waals surface area contributed by atoms with Crippen molar-refractivity contribution in [3.63, 3.8) is 0 Å². The molecule has 1 aliphatic heterocycles. The Kier molecular flexibility index (Phi) is 11.8. The average molecular weight is 503 g/mol. The topological polar surface area (TPSA) is 52.1 Å². The molecule has 0 radical (unpaired) electrons. The lowest BCUT2D eigenvalue weighted by atomic mass is 10.1. The normalized spacial score (nSPS) is 17.0. The van der Waals surface area contributed by atoms with E-state index in [1.165, 1.54) is 31.7 Å². The zero-order valence-corrected chi connectivity index (χ0v) is 20.5. The molecule has 0 amide bonds. The van der Waals surface area contributed by atoms with E-state index in [0.29, 0.717) is 12.5 Å². The van der Waals surface area contributed by atoms with Gasteiger partial charge in [0, 0.05) is 51.4 Å². The molecule has 2 rings (SSSR count). The third kappa shape index (κ3) is 8.53. The fourth-order valence-electron chi connectivity index (χ4n) is 3.30. The fourth-order valence-corrected chi connectivity index (χ4v) is 3.30. The monoisotopic (exact) mass is 503 g/mol. The molecule has 28 heavy (non-hydrogen) atoms. The van der Waals surface area contributed by atoms with Gasteiger partial charge in [0.2, 0.25) is 0 Å². The summed E-state index contributed by atoms with van der Waals surface area (Å²) in [5, 5.41) is 6.84. The Morgan fingerprint density at radius 2 is 1.93 bits per heavy atom. The van der Waals surface area contributed by atoms with Crippen molar-refractivity contribution in [1.29, 1.82) is 0 Å². The van der Waals surface area contributed by atoms with E-state index in [1.807, 2.05) is 0 Å². The summed E-state index contributed by atoms with van der Waals surface area (Å²) in [4.78, 5) is 9.71. The van der Waals surface area contributed by atoms with E-state index in [1.54, 1.807) is 7.11 Å². The van der Waals surface area contributed by atoms with Crippen LogP contribution in [0, 0.1) is 12.8 Å². The Hall–Kier alpha value is -1.06. The van der Waals surface area contributed by atoms with Gasteiger partial charge >= 0.3 is 0 Å². The molecule has 0 aliphatic carbocycles. The number of piperazine rings is 1. The van der Waals surface area contributed by atoms with E-state index in [0.717, 1.165) is 36.9 Å². The zero-order chi connectivity index (χ0) is 19.6. The number of ether oxygens (including phenoxy) is 1. The molecular formula is C21H38IN5O. The Balaban J connectivity index is 0.00000392. The van der Waals surface area contributed by atoms with Crippen molar-refractivity contribution < 1.29 is 4.74 Å². The van der Waals surface area contributed by atoms with Crippen molar-refractivity contribution in [2.75, 3.05) is 60.0 Å². The number of guanidine groups is 1. The van der Waals surface area contributed by atoms with Gasteiger partial charge in [-0.05, 0) is 38.4 Å². The molecule has 160 valence electrons. The van der Waals surface area contributed by atoms with Crippen LogP contribution in [0.5, 0.6) is 5.75 Å². The maximum absolute atomic E-state index is 5.49. The molecule has 6 nitrogen and oxygen atoms in total. The molecule has 1 aromatic rings. The van der Waals surface area contributed by atoms with Crippen molar-refractivity contribution >= 4 is 29.9 Å². The number of methoxy groups -OCH3 is 1. The molecule has 7 heteroatoms. The van der Waals surface area contributed by atoms with Gasteiger partial charge in [-0.2, -0.15) is 0 Å². The number of hydrogen-bond acceptors (Lipinski definition) is 4. The first-order chi connectivity index (χ1) is 13.0. The molecule has 0 bridgehead atoms. The summed E-state index contributed by atoms with van der Waals surface area (Å²) in [5.41, 5.74) is 2.30. The second-order valence-corrected chi connectivity index (χ2v) is 7.60. The van der Waals surface area contributed by atoms with Gasteiger partial charge in [0.05, 0.1) is 13.7 Å². The number of hydrogen-bond donors (Lipinski definition) is 2. The molecule has 1 aromatic carbocycles. The van der Waals surface area contributed by atoms with E-state index in [4.69, 9.17) is 9.73 Å². The van der Waals surface area contributed by atoms with Gasteiger partial charge in [0.15, 0.2) is 5.96 Å². The van der Waals surface area contributed by atoms with Crippen LogP contribution in [0.4, 0.5) is 0 Å². The van der Waals surface area contributed by atoms with E-state index < -0.39 is 0 Å². The predicted octanol–water partition coefficient (Wildman–Crippen LogP) is 2.56. The second kappa shape index (κ2) is 13.2. The van der Waals surface area contributed by atoms with E-state index in [2.05, 4.69) is 66.5 Å². The fraction of sp³-hybridized carbons (Fsp3) is 0.667. The third-order valence-electron chi connectivity index (χ3n) is 4.98. The van der Waals surface area contributed by atoms with Crippen LogP contribution in [0.1, 0.15) is 25.0 Å². The van der Waals surface area contributed by atoms with Crippen LogP contribution in [0.3, 0.4) is 0 Å². The number of benzene rings is 1. The summed E-state index contributed by atoms with van der Waals surface area (Å²) in [7, 11) is 3.91. The lowest BCUT2D eigenvalue weighted by molar-refractivity contribution is 0.139. The third-order valence-corrected chi connectivity index (χ3v) is 4.98. The molecule has 1 aliphatic rings. The highest BCUT2D eigenvalue weighted by molar-refractivity contribution is 14.0. The van der Waals surface area contributed by atoms with Gasteiger partial charge < -0.3 is 25.2 Å². The molecule has 1 fully saturated rings. The molecule has 1 unspecified atom stereocenters. The average Bonchev–Trinajstić information content (AvgIpc) is 2.66. The summed E-state index contributed by atoms with van der Waals surface area (Å²) in [5.74, 6) is 2.34. The number of rotatable bonds is 8. The first-order valence-corrected chi connectivity index (χ1v) is 10.1. The number of aliphatic imine (C=N–C) groups is 1. The van der Waals surface area contributed by atoms with Crippen molar-refractivity contribution in [3.8, 4) is 5.75 Å². The van der Waals surface area contributed by atoms with Gasteiger partial charge in [-0.3, -0.25) is 0 Å². The largest absolute Gasteiger partial charge is 0.496 e. The van der Waals surface area contributed by atoms with Gasteiger partial charge in [-0.15, -0.1) is 24.0 Å². The maximum Gasteiger partial charge on any atom is 0.191 e. The highest BCUT2D eigenvalue weighted by Gasteiger charge is 2.16. The Morgan fingerprint density at radius 3 is 2.57 bits per heavy atom. The summed E-state index contributed by atoms with van der Waals surface area (Å²) in [6.45, 7) is 14.7. The summed E-state index contributed by atoms with van der Waals surface area (Å²) >= 11 is 0. The molecule has 2 N–H and O–H groups in total. The number of likely N-dealkylation sites (N-methyl/N-ethyl adjacent to an activating group) is 1. The second-order valence-electron chi connectivity index (χ2n) is 7.60. The smallest absolute Gasteiger partial charge is 0.191 e. The molecule has 1 saturated heterocycles. The van der Waals surface area contributed by atoms with E-state index in [-0.39, 0.29) is 24.0 Å². The van der Waals surface area contributed by atoms with Crippen molar-refractivity contribution in [2.24, 2.45) is 10.9 Å². The zero-order valence-electron chi connectivity index (χ0n) is 18.1. The van der Waals surface area contributed by atoms with Crippen LogP contribution in [0.2, 0.25) is 0 Å². The first-order valence-electron chi connectivity index (χ1n) is 10.1.